The van der Waals surface area contributed by atoms with Gasteiger partial charge in [0.2, 0.25) is 0 Å². The van der Waals surface area contributed by atoms with Gasteiger partial charge in [-0.1, -0.05) is 12.1 Å². The molecule has 0 unspecified atom stereocenters. The van der Waals surface area contributed by atoms with E-state index in [1.807, 2.05) is 36.9 Å². The molecule has 0 spiro atoms. The first-order valence-electron chi connectivity index (χ1n) is 9.68. The summed E-state index contributed by atoms with van der Waals surface area (Å²) in [6.07, 6.45) is 1.67. The van der Waals surface area contributed by atoms with E-state index >= 15 is 0 Å². The van der Waals surface area contributed by atoms with Gasteiger partial charge in [-0.3, -0.25) is 14.3 Å². The number of aryl methyl sites for hydroxylation is 1. The summed E-state index contributed by atoms with van der Waals surface area (Å²) in [5.41, 5.74) is 3.90. The lowest BCUT2D eigenvalue weighted by Gasteiger charge is -2.26. The fraction of sp³-hybridized carbons (Fsp3) is 0.273. The monoisotopic (exact) mass is 408 g/mol. The molecule has 0 bridgehead atoms. The SMILES string of the molecule is Cc1c[nH]c(=O)n1-c1ccc(C(=O)Nc2cccc(CN3CCSCC3)c2)cc1. The molecule has 2 N–H and O–H groups in total. The van der Waals surface area contributed by atoms with Crippen molar-refractivity contribution in [3.05, 3.63) is 82.0 Å². The number of imidazole rings is 1. The minimum Gasteiger partial charge on any atom is -0.322 e. The largest absolute Gasteiger partial charge is 0.330 e. The van der Waals surface area contributed by atoms with Crippen molar-refractivity contribution in [2.24, 2.45) is 0 Å². The molecular weight excluding hydrogens is 384 g/mol. The lowest BCUT2D eigenvalue weighted by molar-refractivity contribution is 0.102. The maximum Gasteiger partial charge on any atom is 0.330 e. The lowest BCUT2D eigenvalue weighted by atomic mass is 10.1. The Morgan fingerprint density at radius 2 is 1.90 bits per heavy atom. The van der Waals surface area contributed by atoms with Gasteiger partial charge in [0, 0.05) is 54.3 Å². The van der Waals surface area contributed by atoms with Crippen molar-refractivity contribution < 1.29 is 4.79 Å². The number of amides is 1. The van der Waals surface area contributed by atoms with Crippen LogP contribution in [0.1, 0.15) is 21.6 Å². The summed E-state index contributed by atoms with van der Waals surface area (Å²) in [6, 6.07) is 15.1. The normalized spacial score (nSPS) is 14.7. The van der Waals surface area contributed by atoms with Crippen molar-refractivity contribution >= 4 is 23.4 Å². The number of nitrogens with zero attached hydrogens (tertiary/aromatic N) is 2. The van der Waals surface area contributed by atoms with Crippen LogP contribution in [0, 0.1) is 6.92 Å². The highest BCUT2D eigenvalue weighted by Gasteiger charge is 2.12. The lowest BCUT2D eigenvalue weighted by Crippen LogP contribution is -2.31. The second kappa shape index (κ2) is 8.71. The smallest absolute Gasteiger partial charge is 0.322 e. The first-order valence-corrected chi connectivity index (χ1v) is 10.8. The Morgan fingerprint density at radius 3 is 2.59 bits per heavy atom. The van der Waals surface area contributed by atoms with E-state index in [0.29, 0.717) is 5.56 Å². The van der Waals surface area contributed by atoms with E-state index in [1.54, 1.807) is 35.0 Å². The molecule has 3 aromatic rings. The molecule has 0 aliphatic carbocycles. The molecule has 0 radical (unpaired) electrons. The highest BCUT2D eigenvalue weighted by molar-refractivity contribution is 7.99. The summed E-state index contributed by atoms with van der Waals surface area (Å²) >= 11 is 2.00. The van der Waals surface area contributed by atoms with E-state index in [4.69, 9.17) is 0 Å². The van der Waals surface area contributed by atoms with Crippen molar-refractivity contribution in [2.45, 2.75) is 13.5 Å². The van der Waals surface area contributed by atoms with Crippen LogP contribution in [0.3, 0.4) is 0 Å². The Morgan fingerprint density at radius 1 is 1.14 bits per heavy atom. The van der Waals surface area contributed by atoms with E-state index < -0.39 is 0 Å². The zero-order valence-corrected chi connectivity index (χ0v) is 17.2. The summed E-state index contributed by atoms with van der Waals surface area (Å²) in [4.78, 5) is 29.7. The Hall–Kier alpha value is -2.77. The van der Waals surface area contributed by atoms with Gasteiger partial charge in [-0.15, -0.1) is 0 Å². The third kappa shape index (κ3) is 4.63. The molecule has 0 saturated carbocycles. The number of hydrogen-bond acceptors (Lipinski definition) is 4. The van der Waals surface area contributed by atoms with Gasteiger partial charge in [0.05, 0.1) is 5.69 Å². The number of hydrogen-bond donors (Lipinski definition) is 2. The molecule has 1 aliphatic heterocycles. The molecule has 1 aliphatic rings. The summed E-state index contributed by atoms with van der Waals surface area (Å²) < 4.78 is 1.57. The van der Waals surface area contributed by atoms with Gasteiger partial charge < -0.3 is 10.3 Å². The molecule has 150 valence electrons. The van der Waals surface area contributed by atoms with Crippen LogP contribution in [0.15, 0.2) is 59.5 Å². The van der Waals surface area contributed by atoms with E-state index in [1.165, 1.54) is 17.1 Å². The van der Waals surface area contributed by atoms with Gasteiger partial charge in [-0.25, -0.2) is 4.79 Å². The molecule has 7 heteroatoms. The van der Waals surface area contributed by atoms with E-state index in [0.717, 1.165) is 36.7 Å². The van der Waals surface area contributed by atoms with Crippen LogP contribution in [-0.4, -0.2) is 45.0 Å². The number of carbonyl (C=O) groups excluding carboxylic acids is 1. The van der Waals surface area contributed by atoms with Gasteiger partial charge in [0.25, 0.3) is 5.91 Å². The second-order valence-corrected chi connectivity index (χ2v) is 8.39. The summed E-state index contributed by atoms with van der Waals surface area (Å²) in [6.45, 7) is 4.98. The Kier molecular flexibility index (Phi) is 5.87. The number of thioether (sulfide) groups is 1. The van der Waals surface area contributed by atoms with Gasteiger partial charge >= 0.3 is 5.69 Å². The molecule has 6 nitrogen and oxygen atoms in total. The van der Waals surface area contributed by atoms with Gasteiger partial charge in [0.1, 0.15) is 0 Å². The molecule has 4 rings (SSSR count). The Labute approximate surface area is 173 Å². The molecular formula is C22H24N4O2S. The van der Waals surface area contributed by atoms with Crippen LogP contribution in [-0.2, 0) is 6.54 Å². The molecule has 1 saturated heterocycles. The minimum atomic E-state index is -0.191. The number of H-pyrrole nitrogens is 1. The maximum absolute atomic E-state index is 12.6. The predicted octanol–water partition coefficient (Wildman–Crippen LogP) is 3.28. The van der Waals surface area contributed by atoms with Crippen molar-refractivity contribution in [2.75, 3.05) is 29.9 Å². The average molecular weight is 409 g/mol. The number of carbonyl (C=O) groups is 1. The number of anilines is 1. The van der Waals surface area contributed by atoms with Crippen molar-refractivity contribution in [3.8, 4) is 5.69 Å². The first kappa shape index (κ1) is 19.5. The maximum atomic E-state index is 12.6. The van der Waals surface area contributed by atoms with E-state index in [-0.39, 0.29) is 11.6 Å². The van der Waals surface area contributed by atoms with Gasteiger partial charge in [-0.05, 0) is 48.9 Å². The highest BCUT2D eigenvalue weighted by atomic mass is 32.2. The van der Waals surface area contributed by atoms with Crippen LogP contribution < -0.4 is 11.0 Å². The number of aromatic amines is 1. The van der Waals surface area contributed by atoms with Crippen molar-refractivity contribution in [3.63, 3.8) is 0 Å². The molecule has 29 heavy (non-hydrogen) atoms. The third-order valence-electron chi connectivity index (χ3n) is 5.04. The fourth-order valence-corrected chi connectivity index (χ4v) is 4.49. The average Bonchev–Trinajstić information content (AvgIpc) is 3.07. The zero-order valence-electron chi connectivity index (χ0n) is 16.4. The third-order valence-corrected chi connectivity index (χ3v) is 5.99. The quantitative estimate of drug-likeness (QED) is 0.680. The van der Waals surface area contributed by atoms with Crippen LogP contribution in [0.4, 0.5) is 5.69 Å². The molecule has 2 aromatic carbocycles. The molecule has 1 aromatic heterocycles. The zero-order chi connectivity index (χ0) is 20.2. The molecule has 1 fully saturated rings. The van der Waals surface area contributed by atoms with Gasteiger partial charge in [0.15, 0.2) is 0 Å². The standard InChI is InChI=1S/C22H24N4O2S/c1-16-14-23-22(28)26(16)20-7-5-18(6-8-20)21(27)24-19-4-2-3-17(13-19)15-25-9-11-29-12-10-25/h2-8,13-14H,9-12,15H2,1H3,(H,23,28)(H,24,27). The molecule has 1 amide bonds. The van der Waals surface area contributed by atoms with E-state index in [2.05, 4.69) is 21.3 Å². The predicted molar refractivity (Wildman–Crippen MR) is 118 cm³/mol. The van der Waals surface area contributed by atoms with Crippen LogP contribution in [0.2, 0.25) is 0 Å². The van der Waals surface area contributed by atoms with Crippen molar-refractivity contribution in [1.82, 2.24) is 14.5 Å². The topological polar surface area (TPSA) is 70.1 Å². The van der Waals surface area contributed by atoms with E-state index in [9.17, 15) is 9.59 Å². The van der Waals surface area contributed by atoms with Crippen molar-refractivity contribution in [1.29, 1.82) is 0 Å². The Balaban J connectivity index is 1.44. The second-order valence-electron chi connectivity index (χ2n) is 7.16. The van der Waals surface area contributed by atoms with Crippen LogP contribution in [0.5, 0.6) is 0 Å². The van der Waals surface area contributed by atoms with Crippen LogP contribution in [0.25, 0.3) is 5.69 Å². The number of nitrogens with one attached hydrogen (secondary N) is 2. The number of benzene rings is 2. The minimum absolute atomic E-state index is 0.166. The molecule has 2 heterocycles. The molecule has 0 atom stereocenters. The summed E-state index contributed by atoms with van der Waals surface area (Å²) in [5.74, 6) is 2.20. The first-order chi connectivity index (χ1) is 14.1. The number of aromatic nitrogens is 2. The highest BCUT2D eigenvalue weighted by Crippen LogP contribution is 2.17. The Bertz CT molecular complexity index is 1050. The van der Waals surface area contributed by atoms with Gasteiger partial charge in [-0.2, -0.15) is 11.8 Å². The number of rotatable bonds is 5. The summed E-state index contributed by atoms with van der Waals surface area (Å²) in [5, 5.41) is 2.98. The fourth-order valence-electron chi connectivity index (χ4n) is 3.51. The summed E-state index contributed by atoms with van der Waals surface area (Å²) in [7, 11) is 0. The van der Waals surface area contributed by atoms with Crippen LogP contribution >= 0.6 is 11.8 Å².